The van der Waals surface area contributed by atoms with E-state index in [4.69, 9.17) is 33.2 Å². The molecular formula is C29H46O22S. The van der Waals surface area contributed by atoms with Crippen molar-refractivity contribution in [2.45, 2.75) is 71.6 Å². The smallest absolute Gasteiger partial charge is 0.366 e. The molecule has 0 aliphatic heterocycles. The Morgan fingerprint density at radius 2 is 0.538 bits per heavy atom. The summed E-state index contributed by atoms with van der Waals surface area (Å²) in [7, 11) is 0. The number of carbonyl (C=O) groups excluding carboxylic acids is 7. The highest BCUT2D eigenvalue weighted by Gasteiger charge is 2.47. The summed E-state index contributed by atoms with van der Waals surface area (Å²) in [5, 5.41) is 75.7. The zero-order valence-electron chi connectivity index (χ0n) is 29.4. The number of ether oxygens (including phenoxy) is 7. The molecule has 0 atom stereocenters. The number of aliphatic hydroxyl groups is 8. The molecule has 0 heterocycles. The van der Waals surface area contributed by atoms with Crippen LogP contribution in [0.2, 0.25) is 0 Å². The summed E-state index contributed by atoms with van der Waals surface area (Å²) in [5.41, 5.74) is -6.59. The van der Waals surface area contributed by atoms with Crippen LogP contribution in [-0.4, -0.2) is 158 Å². The van der Waals surface area contributed by atoms with E-state index in [1.165, 1.54) is 0 Å². The van der Waals surface area contributed by atoms with E-state index in [0.29, 0.717) is 27.7 Å². The molecule has 0 rings (SSSR count). The number of rotatable bonds is 21. The maximum Gasteiger partial charge on any atom is 0.366 e. The number of carbonyl (C=O) groups is 7. The van der Waals surface area contributed by atoms with Crippen molar-refractivity contribution in [3.8, 4) is 0 Å². The van der Waals surface area contributed by atoms with Crippen molar-refractivity contribution in [1.82, 2.24) is 0 Å². The minimum absolute atomic E-state index is 0.00244. The number of hydrogen-bond acceptors (Lipinski definition) is 23. The topological polar surface area (TPSA) is 346 Å². The molecule has 22 nitrogen and oxygen atoms in total. The summed E-state index contributed by atoms with van der Waals surface area (Å²) in [6.45, 7) is -1.10. The van der Waals surface area contributed by atoms with Crippen LogP contribution in [0.4, 0.5) is 0 Å². The molecule has 0 aromatic carbocycles. The Morgan fingerprint density at radius 3 is 0.712 bits per heavy atom. The second-order valence-electron chi connectivity index (χ2n) is 13.1. The van der Waals surface area contributed by atoms with E-state index in [9.17, 15) is 74.4 Å². The first-order valence-corrected chi connectivity index (χ1v) is 15.5. The van der Waals surface area contributed by atoms with Gasteiger partial charge in [-0.05, 0) is 20.8 Å². The van der Waals surface area contributed by atoms with Gasteiger partial charge in [0.05, 0.1) is 0 Å². The van der Waals surface area contributed by atoms with Crippen LogP contribution in [0, 0.1) is 16.2 Å². The summed E-state index contributed by atoms with van der Waals surface area (Å²) in [4.78, 5) is 87.6. The monoisotopic (exact) mass is 778 g/mol. The second-order valence-corrected chi connectivity index (χ2v) is 13.5. The molecule has 0 radical (unpaired) electrons. The van der Waals surface area contributed by atoms with Gasteiger partial charge in [-0.25, -0.2) is 19.2 Å². The highest BCUT2D eigenvalue weighted by Crippen LogP contribution is 2.28. The van der Waals surface area contributed by atoms with Gasteiger partial charge in [0, 0.05) is 33.4 Å². The Bertz CT molecular complexity index is 1150. The normalized spacial score (nSPS) is 13.0. The maximum absolute atomic E-state index is 13.3. The van der Waals surface area contributed by atoms with Gasteiger partial charge < -0.3 is 74.0 Å². The van der Waals surface area contributed by atoms with Crippen molar-refractivity contribution in [3.05, 3.63) is 0 Å². The molecule has 0 aliphatic carbocycles. The van der Waals surface area contributed by atoms with Gasteiger partial charge in [0.1, 0.15) is 62.5 Å². The standard InChI is InChI=1S/C29H46O22S/c1-23(16(30)45-8-9-52,10-46-17(31)24(2,12-48-19(33)26(4,37)38)13-49-20(34)27(5,39)40)11-47-18(32)25(3,14-50-21(35)28(6,41)42)15-51-22(36)29(7,43)44/h37-44,52H,8-15H2,1-7H3. The van der Waals surface area contributed by atoms with Crippen LogP contribution in [-0.2, 0) is 66.7 Å². The van der Waals surface area contributed by atoms with Crippen LogP contribution in [0.1, 0.15) is 48.5 Å². The van der Waals surface area contributed by atoms with E-state index < -0.39 is 121 Å². The lowest BCUT2D eigenvalue weighted by Gasteiger charge is -2.32. The Hall–Kier alpha value is -3.68. The first-order chi connectivity index (χ1) is 23.2. The molecule has 0 aromatic heterocycles. The van der Waals surface area contributed by atoms with Crippen molar-refractivity contribution in [2.75, 3.05) is 52.0 Å². The third-order valence-electron chi connectivity index (χ3n) is 6.48. The van der Waals surface area contributed by atoms with E-state index in [-0.39, 0.29) is 12.4 Å². The summed E-state index contributed by atoms with van der Waals surface area (Å²) < 4.78 is 34.4. The Kier molecular flexibility index (Phi) is 17.1. The zero-order chi connectivity index (χ0) is 41.1. The number of esters is 7. The fourth-order valence-corrected chi connectivity index (χ4v) is 3.13. The van der Waals surface area contributed by atoms with Gasteiger partial charge in [-0.15, -0.1) is 0 Å². The largest absolute Gasteiger partial charge is 0.464 e. The number of thiol groups is 1. The van der Waals surface area contributed by atoms with Crippen molar-refractivity contribution in [2.24, 2.45) is 16.2 Å². The maximum atomic E-state index is 13.3. The summed E-state index contributed by atoms with van der Waals surface area (Å²) in [6, 6.07) is 0. The van der Waals surface area contributed by atoms with Gasteiger partial charge in [0.25, 0.3) is 23.1 Å². The van der Waals surface area contributed by atoms with Gasteiger partial charge in [-0.3, -0.25) is 14.4 Å². The van der Waals surface area contributed by atoms with E-state index >= 15 is 0 Å². The van der Waals surface area contributed by atoms with Crippen LogP contribution in [0.15, 0.2) is 0 Å². The highest BCUT2D eigenvalue weighted by molar-refractivity contribution is 7.80. The predicted molar refractivity (Wildman–Crippen MR) is 166 cm³/mol. The third kappa shape index (κ3) is 15.5. The van der Waals surface area contributed by atoms with Crippen molar-refractivity contribution < 1.29 is 108 Å². The Balaban J connectivity index is 6.40. The molecule has 23 heteroatoms. The third-order valence-corrected chi connectivity index (χ3v) is 6.66. The molecule has 0 aliphatic rings. The van der Waals surface area contributed by atoms with Crippen molar-refractivity contribution >= 4 is 54.4 Å². The van der Waals surface area contributed by atoms with Crippen LogP contribution in [0.25, 0.3) is 0 Å². The van der Waals surface area contributed by atoms with Gasteiger partial charge in [0.15, 0.2) is 0 Å². The molecule has 0 aromatic rings. The van der Waals surface area contributed by atoms with Gasteiger partial charge in [0.2, 0.25) is 0 Å². The van der Waals surface area contributed by atoms with Gasteiger partial charge in [-0.2, -0.15) is 12.6 Å². The minimum atomic E-state index is -3.04. The van der Waals surface area contributed by atoms with E-state index in [0.717, 1.165) is 20.8 Å². The molecular weight excluding hydrogens is 732 g/mol. The van der Waals surface area contributed by atoms with Crippen LogP contribution >= 0.6 is 12.6 Å². The summed E-state index contributed by atoms with van der Waals surface area (Å²) in [6.07, 6.45) is 0. The van der Waals surface area contributed by atoms with E-state index in [2.05, 4.69) is 12.6 Å². The lowest BCUT2D eigenvalue weighted by atomic mass is 9.90. The average Bonchev–Trinajstić information content (AvgIpc) is 3.01. The molecule has 8 N–H and O–H groups in total. The van der Waals surface area contributed by atoms with E-state index in [1.54, 1.807) is 0 Å². The van der Waals surface area contributed by atoms with Gasteiger partial charge >= 0.3 is 41.8 Å². The zero-order valence-corrected chi connectivity index (χ0v) is 30.3. The first kappa shape index (κ1) is 48.3. The fraction of sp³-hybridized carbons (Fsp3) is 0.759. The summed E-state index contributed by atoms with van der Waals surface area (Å²) >= 11 is 3.92. The van der Waals surface area contributed by atoms with Crippen LogP contribution < -0.4 is 0 Å². The van der Waals surface area contributed by atoms with E-state index in [1.807, 2.05) is 0 Å². The summed E-state index contributed by atoms with van der Waals surface area (Å²) in [5.74, 6) is -22.8. The highest BCUT2D eigenvalue weighted by atomic mass is 32.1. The minimum Gasteiger partial charge on any atom is -0.464 e. The van der Waals surface area contributed by atoms with Crippen molar-refractivity contribution in [1.29, 1.82) is 0 Å². The second kappa shape index (κ2) is 18.4. The van der Waals surface area contributed by atoms with Crippen molar-refractivity contribution in [3.63, 3.8) is 0 Å². The quantitative estimate of drug-likeness (QED) is 0.0230. The molecule has 0 amide bonds. The van der Waals surface area contributed by atoms with Crippen LogP contribution in [0.3, 0.4) is 0 Å². The lowest BCUT2D eigenvalue weighted by Crippen LogP contribution is -2.48. The molecule has 52 heavy (non-hydrogen) atoms. The van der Waals surface area contributed by atoms with Crippen LogP contribution in [0.5, 0.6) is 0 Å². The lowest BCUT2D eigenvalue weighted by molar-refractivity contribution is -0.214. The molecule has 0 spiro atoms. The number of hydrogen-bond donors (Lipinski definition) is 9. The first-order valence-electron chi connectivity index (χ1n) is 14.9. The van der Waals surface area contributed by atoms with Gasteiger partial charge in [-0.1, -0.05) is 0 Å². The molecule has 0 saturated carbocycles. The average molecular weight is 779 g/mol. The SMILES string of the molecule is CC(O)(O)C(=O)OCC(C)(COC(=O)C(C)(O)O)C(=O)OCC(C)(COC(=O)C(C)(COC(=O)C(C)(O)O)COC(=O)C(C)(O)O)C(=O)OCCS. The predicted octanol–water partition coefficient (Wildman–Crippen LogP) is -4.46. The Labute approximate surface area is 301 Å². The fourth-order valence-electron chi connectivity index (χ4n) is 3.04. The Morgan fingerprint density at radius 1 is 0.365 bits per heavy atom. The molecule has 0 fully saturated rings. The molecule has 300 valence electrons. The molecule has 0 saturated heterocycles. The molecule has 0 bridgehead atoms. The molecule has 0 unspecified atom stereocenters.